The van der Waals surface area contributed by atoms with E-state index in [1.807, 2.05) is 26.1 Å². The summed E-state index contributed by atoms with van der Waals surface area (Å²) in [5.41, 5.74) is 4.32. The molecule has 0 aliphatic carbocycles. The second kappa shape index (κ2) is 5.41. The molecule has 2 nitrogen and oxygen atoms in total. The molecule has 0 radical (unpaired) electrons. The summed E-state index contributed by atoms with van der Waals surface area (Å²) in [6, 6.07) is 10.4. The lowest BCUT2D eigenvalue weighted by molar-refractivity contribution is 0.857. The largest absolute Gasteiger partial charge is 0.258 e. The molecular weight excluding hydrogens is 276 g/mol. The number of rotatable bonds is 3. The van der Waals surface area contributed by atoms with E-state index in [1.54, 1.807) is 0 Å². The van der Waals surface area contributed by atoms with Crippen LogP contribution in [0.25, 0.3) is 0 Å². The first-order valence-corrected chi connectivity index (χ1v) is 6.56. The number of halogens is 1. The average Bonchev–Trinajstić information content (AvgIpc) is 2.35. The van der Waals surface area contributed by atoms with Gasteiger partial charge < -0.3 is 0 Å². The third kappa shape index (κ3) is 3.13. The van der Waals surface area contributed by atoms with E-state index in [1.165, 1.54) is 5.56 Å². The number of alkyl halides is 1. The van der Waals surface area contributed by atoms with Crippen molar-refractivity contribution in [2.24, 2.45) is 0 Å². The molecule has 1 unspecified atom stereocenters. The second-order valence-electron chi connectivity index (χ2n) is 4.13. The zero-order valence-electron chi connectivity index (χ0n) is 10.0. The Morgan fingerprint density at radius 1 is 1.18 bits per heavy atom. The second-order valence-corrected chi connectivity index (χ2v) is 5.23. The molecule has 0 saturated heterocycles. The zero-order chi connectivity index (χ0) is 12.3. The summed E-state index contributed by atoms with van der Waals surface area (Å²) in [4.78, 5) is 9.18. The maximum absolute atomic E-state index is 4.55. The van der Waals surface area contributed by atoms with Crippen LogP contribution in [0.3, 0.4) is 0 Å². The van der Waals surface area contributed by atoms with Crippen LogP contribution < -0.4 is 0 Å². The first kappa shape index (κ1) is 12.2. The molecule has 0 aliphatic heterocycles. The lowest BCUT2D eigenvalue weighted by atomic mass is 10.1. The molecule has 0 N–H and O–H groups in total. The summed E-state index contributed by atoms with van der Waals surface area (Å²) in [5, 5.41) is 0. The number of aryl methyl sites for hydroxylation is 2. The van der Waals surface area contributed by atoms with E-state index >= 15 is 0 Å². The van der Waals surface area contributed by atoms with Gasteiger partial charge in [-0.2, -0.15) is 0 Å². The molecule has 0 amide bonds. The van der Waals surface area contributed by atoms with E-state index in [4.69, 9.17) is 0 Å². The van der Waals surface area contributed by atoms with Crippen LogP contribution >= 0.6 is 15.9 Å². The van der Waals surface area contributed by atoms with E-state index in [0.29, 0.717) is 4.83 Å². The molecule has 0 fully saturated rings. The van der Waals surface area contributed by atoms with Crippen LogP contribution in [0.5, 0.6) is 0 Å². The van der Waals surface area contributed by atoms with Crippen LogP contribution in [0, 0.1) is 13.8 Å². The minimum Gasteiger partial charge on any atom is -0.258 e. The van der Waals surface area contributed by atoms with Gasteiger partial charge in [0.1, 0.15) is 0 Å². The molecule has 1 atom stereocenters. The molecule has 1 heterocycles. The van der Waals surface area contributed by atoms with Gasteiger partial charge in [-0.25, -0.2) is 0 Å². The smallest absolute Gasteiger partial charge is 0.0633 e. The quantitative estimate of drug-likeness (QED) is 0.804. The molecular formula is C14H15BrN2. The SMILES string of the molecule is Cc1cnc(C)c(CC(Br)c2ccccc2)n1. The minimum atomic E-state index is 0.290. The summed E-state index contributed by atoms with van der Waals surface area (Å²) >= 11 is 3.71. The van der Waals surface area contributed by atoms with Crippen molar-refractivity contribution in [3.63, 3.8) is 0 Å². The molecule has 2 aromatic rings. The molecule has 2 rings (SSSR count). The predicted octanol–water partition coefficient (Wildman–Crippen LogP) is 3.77. The molecule has 0 bridgehead atoms. The summed E-state index contributed by atoms with van der Waals surface area (Å²) in [6.45, 7) is 3.98. The van der Waals surface area contributed by atoms with Crippen molar-refractivity contribution in [1.29, 1.82) is 0 Å². The summed E-state index contributed by atoms with van der Waals surface area (Å²) in [7, 11) is 0. The fourth-order valence-corrected chi connectivity index (χ4v) is 2.34. The van der Waals surface area contributed by atoms with E-state index in [-0.39, 0.29) is 0 Å². The molecule has 0 aliphatic rings. The first-order chi connectivity index (χ1) is 8.16. The maximum Gasteiger partial charge on any atom is 0.0633 e. The minimum absolute atomic E-state index is 0.290. The van der Waals surface area contributed by atoms with Crippen molar-refractivity contribution >= 4 is 15.9 Å². The van der Waals surface area contributed by atoms with Crippen LogP contribution in [0.2, 0.25) is 0 Å². The van der Waals surface area contributed by atoms with Crippen molar-refractivity contribution in [3.05, 3.63) is 59.2 Å². The maximum atomic E-state index is 4.55. The van der Waals surface area contributed by atoms with Gasteiger partial charge in [-0.1, -0.05) is 46.3 Å². The van der Waals surface area contributed by atoms with E-state index < -0.39 is 0 Å². The van der Waals surface area contributed by atoms with Crippen molar-refractivity contribution < 1.29 is 0 Å². The summed E-state index contributed by atoms with van der Waals surface area (Å²) < 4.78 is 0. The Morgan fingerprint density at radius 3 is 2.59 bits per heavy atom. The number of aromatic nitrogens is 2. The lowest BCUT2D eigenvalue weighted by Gasteiger charge is -2.11. The van der Waals surface area contributed by atoms with E-state index in [9.17, 15) is 0 Å². The molecule has 17 heavy (non-hydrogen) atoms. The number of nitrogens with zero attached hydrogens (tertiary/aromatic N) is 2. The van der Waals surface area contributed by atoms with Gasteiger partial charge in [0.2, 0.25) is 0 Å². The normalized spacial score (nSPS) is 12.4. The van der Waals surface area contributed by atoms with E-state index in [0.717, 1.165) is 23.5 Å². The third-order valence-corrected chi connectivity index (χ3v) is 3.56. The van der Waals surface area contributed by atoms with Gasteiger partial charge in [-0.05, 0) is 19.4 Å². The van der Waals surface area contributed by atoms with Crippen molar-refractivity contribution in [3.8, 4) is 0 Å². The monoisotopic (exact) mass is 290 g/mol. The van der Waals surface area contributed by atoms with Gasteiger partial charge in [0, 0.05) is 17.4 Å². The fraction of sp³-hybridized carbons (Fsp3) is 0.286. The molecule has 1 aromatic heterocycles. The van der Waals surface area contributed by atoms with Crippen LogP contribution in [0.4, 0.5) is 0 Å². The third-order valence-electron chi connectivity index (χ3n) is 2.71. The van der Waals surface area contributed by atoms with Gasteiger partial charge >= 0.3 is 0 Å². The van der Waals surface area contributed by atoms with Gasteiger partial charge in [0.25, 0.3) is 0 Å². The highest BCUT2D eigenvalue weighted by Gasteiger charge is 2.11. The molecule has 0 saturated carbocycles. The molecule has 1 aromatic carbocycles. The molecule has 3 heteroatoms. The number of benzene rings is 1. The van der Waals surface area contributed by atoms with Crippen LogP contribution in [-0.4, -0.2) is 9.97 Å². The summed E-state index contributed by atoms with van der Waals surface area (Å²) in [5.74, 6) is 0. The number of hydrogen-bond donors (Lipinski definition) is 0. The predicted molar refractivity (Wildman–Crippen MR) is 73.3 cm³/mol. The first-order valence-electron chi connectivity index (χ1n) is 5.65. The van der Waals surface area contributed by atoms with Gasteiger partial charge in [0.05, 0.1) is 17.1 Å². The van der Waals surface area contributed by atoms with E-state index in [2.05, 4.69) is 50.2 Å². The highest BCUT2D eigenvalue weighted by atomic mass is 79.9. The topological polar surface area (TPSA) is 25.8 Å². The highest BCUT2D eigenvalue weighted by Crippen LogP contribution is 2.26. The van der Waals surface area contributed by atoms with Crippen LogP contribution in [0.15, 0.2) is 36.5 Å². The van der Waals surface area contributed by atoms with Crippen LogP contribution in [0.1, 0.15) is 27.5 Å². The standard InChI is InChI=1S/C14H15BrN2/c1-10-9-16-11(2)14(17-10)8-13(15)12-6-4-3-5-7-12/h3-7,9,13H,8H2,1-2H3. The Bertz CT molecular complexity index is 497. The molecule has 88 valence electrons. The Morgan fingerprint density at radius 2 is 1.88 bits per heavy atom. The van der Waals surface area contributed by atoms with Crippen molar-refractivity contribution in [2.45, 2.75) is 25.1 Å². The van der Waals surface area contributed by atoms with Crippen molar-refractivity contribution in [2.75, 3.05) is 0 Å². The highest BCUT2D eigenvalue weighted by molar-refractivity contribution is 9.09. The average molecular weight is 291 g/mol. The fourth-order valence-electron chi connectivity index (χ4n) is 1.73. The van der Waals surface area contributed by atoms with Gasteiger partial charge in [-0.3, -0.25) is 9.97 Å². The lowest BCUT2D eigenvalue weighted by Crippen LogP contribution is -2.03. The Hall–Kier alpha value is -1.22. The zero-order valence-corrected chi connectivity index (χ0v) is 11.6. The van der Waals surface area contributed by atoms with Gasteiger partial charge in [0.15, 0.2) is 0 Å². The van der Waals surface area contributed by atoms with Crippen LogP contribution in [-0.2, 0) is 6.42 Å². The Labute approximate surface area is 110 Å². The Balaban J connectivity index is 2.18. The molecule has 0 spiro atoms. The van der Waals surface area contributed by atoms with Gasteiger partial charge in [-0.15, -0.1) is 0 Å². The van der Waals surface area contributed by atoms with Crippen molar-refractivity contribution in [1.82, 2.24) is 9.97 Å². The summed E-state index contributed by atoms with van der Waals surface area (Å²) in [6.07, 6.45) is 2.68. The Kier molecular flexibility index (Phi) is 3.89. The number of hydrogen-bond acceptors (Lipinski definition) is 2.